The molecule has 0 aliphatic heterocycles. The number of nitriles is 4. The van der Waals surface area contributed by atoms with Crippen LogP contribution < -0.4 is 0 Å². The molecule has 0 amide bonds. The largest absolute Gasteiger partial charge is 0.459 e. The third kappa shape index (κ3) is 6.62. The van der Waals surface area contributed by atoms with Crippen LogP contribution in [0.4, 0.5) is 5.00 Å². The maximum absolute atomic E-state index is 15.4. The summed E-state index contributed by atoms with van der Waals surface area (Å²) >= 11 is 5.45. The molecular weight excluding hydrogens is 945 g/mol. The first-order valence-corrected chi connectivity index (χ1v) is 24.1. The number of rotatable bonds is 8. The van der Waals surface area contributed by atoms with Gasteiger partial charge in [-0.25, -0.2) is 9.98 Å². The van der Waals surface area contributed by atoms with Gasteiger partial charge in [0.25, 0.3) is 0 Å². The van der Waals surface area contributed by atoms with Gasteiger partial charge in [0, 0.05) is 37.4 Å². The smallest absolute Gasteiger partial charge is 0.334 e. The van der Waals surface area contributed by atoms with Crippen molar-refractivity contribution in [3.05, 3.63) is 176 Å². The summed E-state index contributed by atoms with van der Waals surface area (Å²) in [6, 6.07) is 40.6. The highest BCUT2D eigenvalue weighted by Gasteiger charge is 2.60. The van der Waals surface area contributed by atoms with E-state index in [2.05, 4.69) is 0 Å². The highest BCUT2D eigenvalue weighted by atomic mass is 32.1. The number of carbonyl (C=O) groups is 4. The number of ether oxygens (including phenoxy) is 2. The number of fused-ring (bicyclic) bond motifs is 9. The molecule has 4 aromatic carbocycles. The number of hydrogen-bond donors (Lipinski definition) is 0. The Kier molecular flexibility index (Phi) is 10.5. The van der Waals surface area contributed by atoms with Gasteiger partial charge in [-0.05, 0) is 34.4 Å². The molecular formula is C53H24N6O6S4. The highest BCUT2D eigenvalue weighted by Crippen LogP contribution is 2.59. The molecule has 0 N–H and O–H groups in total. The number of thiophene rings is 4. The molecule has 12 nitrogen and oxygen atoms in total. The van der Waals surface area contributed by atoms with Gasteiger partial charge in [0.1, 0.15) is 65.1 Å². The molecule has 4 aromatic heterocycles. The Bertz CT molecular complexity index is 3900. The van der Waals surface area contributed by atoms with Crippen molar-refractivity contribution in [3.8, 4) is 24.3 Å². The molecule has 3 aliphatic rings. The molecule has 8 aromatic rings. The standard InChI is InChI=1S/C53H24N6O6S4/c54-21-29(22-55)39-31-15-7-9-17-33(31)44(60)42(39)58-37-19-35-41(53(37,51(62)64-25-27-11-3-1-4-12-27)52(63)65-26-28-13-5-2-6-14-28)47-49(66-35)50-48(69-47)46-36(67-50)20-38(68-46)59-43-40(30(23-56)24-57)32-16-8-10-18-34(32)45(43)61/h1-20H,25-26H2/b58-42-,59-43+. The molecule has 0 bridgehead atoms. The van der Waals surface area contributed by atoms with E-state index in [1.165, 1.54) is 45.3 Å². The van der Waals surface area contributed by atoms with Crippen molar-refractivity contribution in [2.24, 2.45) is 9.98 Å². The van der Waals surface area contributed by atoms with Gasteiger partial charge >= 0.3 is 11.9 Å². The van der Waals surface area contributed by atoms with Gasteiger partial charge in [-0.3, -0.25) is 19.2 Å². The molecule has 3 aliphatic carbocycles. The van der Waals surface area contributed by atoms with Gasteiger partial charge < -0.3 is 9.47 Å². The summed E-state index contributed by atoms with van der Waals surface area (Å²) in [6.07, 6.45) is 1.58. The minimum absolute atomic E-state index is 0.00373. The Hall–Kier alpha value is -8.74. The van der Waals surface area contributed by atoms with Crippen LogP contribution in [0.3, 0.4) is 0 Å². The summed E-state index contributed by atoms with van der Waals surface area (Å²) in [5, 5.41) is 40.5. The van der Waals surface area contributed by atoms with E-state index in [0.717, 1.165) is 23.5 Å². The first kappa shape index (κ1) is 42.9. The number of allylic oxidation sites excluding steroid dienone is 4. The first-order valence-electron chi connectivity index (χ1n) is 20.8. The predicted molar refractivity (Wildman–Crippen MR) is 265 cm³/mol. The topological polar surface area (TPSA) is 207 Å². The minimum Gasteiger partial charge on any atom is -0.459 e. The maximum atomic E-state index is 15.4. The second-order valence-corrected chi connectivity index (χ2v) is 19.8. The van der Waals surface area contributed by atoms with Crippen LogP contribution >= 0.6 is 45.3 Å². The van der Waals surface area contributed by atoms with E-state index in [1.807, 2.05) is 42.5 Å². The van der Waals surface area contributed by atoms with Crippen molar-refractivity contribution >= 4 is 131 Å². The number of aliphatic imine (C=N–C) groups is 2. The van der Waals surface area contributed by atoms with E-state index in [9.17, 15) is 30.6 Å². The van der Waals surface area contributed by atoms with E-state index in [-0.39, 0.29) is 63.8 Å². The molecule has 0 saturated heterocycles. The lowest BCUT2D eigenvalue weighted by atomic mass is 9.81. The summed E-state index contributed by atoms with van der Waals surface area (Å²) in [6.45, 7) is -0.449. The van der Waals surface area contributed by atoms with Gasteiger partial charge in [-0.1, -0.05) is 109 Å². The second-order valence-electron chi connectivity index (χ2n) is 15.7. The van der Waals surface area contributed by atoms with E-state index in [4.69, 9.17) is 19.5 Å². The molecule has 0 atom stereocenters. The fraction of sp³-hybridized carbons (Fsp3) is 0.0566. The summed E-state index contributed by atoms with van der Waals surface area (Å²) in [5.74, 6) is -3.03. The summed E-state index contributed by atoms with van der Waals surface area (Å²) < 4.78 is 16.9. The lowest BCUT2D eigenvalue weighted by molar-refractivity contribution is -0.164. The zero-order valence-corrected chi connectivity index (χ0v) is 38.5. The zero-order valence-electron chi connectivity index (χ0n) is 35.2. The third-order valence-corrected chi connectivity index (χ3v) is 17.1. The van der Waals surface area contributed by atoms with Crippen LogP contribution in [0.15, 0.2) is 142 Å². The van der Waals surface area contributed by atoms with E-state index in [1.54, 1.807) is 103 Å². The Labute approximate surface area is 406 Å². The van der Waals surface area contributed by atoms with Crippen molar-refractivity contribution in [2.75, 3.05) is 0 Å². The van der Waals surface area contributed by atoms with Crippen LogP contribution in [-0.4, -0.2) is 34.9 Å². The van der Waals surface area contributed by atoms with Crippen molar-refractivity contribution in [1.82, 2.24) is 0 Å². The van der Waals surface area contributed by atoms with Gasteiger partial charge in [-0.2, -0.15) is 21.0 Å². The first-order chi connectivity index (χ1) is 33.7. The number of Topliss-reactive ketones (excluding diaryl/α,β-unsaturated/α-hetero) is 2. The Morgan fingerprint density at radius 1 is 0.536 bits per heavy atom. The molecule has 0 fully saturated rings. The molecule has 16 heteroatoms. The lowest BCUT2D eigenvalue weighted by Crippen LogP contribution is -2.46. The van der Waals surface area contributed by atoms with Crippen LogP contribution in [-0.2, 0) is 37.7 Å². The van der Waals surface area contributed by atoms with Gasteiger partial charge in [-0.15, -0.1) is 45.3 Å². The quantitative estimate of drug-likeness (QED) is 0.0799. The van der Waals surface area contributed by atoms with Crippen molar-refractivity contribution in [2.45, 2.75) is 18.6 Å². The highest BCUT2D eigenvalue weighted by molar-refractivity contribution is 7.45. The van der Waals surface area contributed by atoms with Gasteiger partial charge in [0.2, 0.25) is 17.0 Å². The van der Waals surface area contributed by atoms with E-state index < -0.39 is 28.9 Å². The molecule has 0 unspecified atom stereocenters. The van der Waals surface area contributed by atoms with Crippen LogP contribution in [0.1, 0.15) is 53.4 Å². The molecule has 326 valence electrons. The molecule has 4 heterocycles. The monoisotopic (exact) mass is 968 g/mol. The van der Waals surface area contributed by atoms with Crippen molar-refractivity contribution in [1.29, 1.82) is 21.0 Å². The van der Waals surface area contributed by atoms with E-state index in [0.29, 0.717) is 42.4 Å². The Morgan fingerprint density at radius 2 is 1.00 bits per heavy atom. The molecule has 69 heavy (non-hydrogen) atoms. The normalized spacial score (nSPS) is 15.4. The zero-order chi connectivity index (χ0) is 47.6. The third-order valence-electron chi connectivity index (χ3n) is 11.9. The Morgan fingerprint density at radius 3 is 1.52 bits per heavy atom. The fourth-order valence-electron chi connectivity index (χ4n) is 8.79. The number of carbonyl (C=O) groups excluding carboxylic acids is 4. The average molecular weight is 969 g/mol. The maximum Gasteiger partial charge on any atom is 0.334 e. The lowest BCUT2D eigenvalue weighted by Gasteiger charge is -2.27. The number of hydrogen-bond acceptors (Lipinski definition) is 16. The summed E-state index contributed by atoms with van der Waals surface area (Å²) in [4.78, 5) is 68.9. The summed E-state index contributed by atoms with van der Waals surface area (Å²) in [5.41, 5.74) is -0.476. The van der Waals surface area contributed by atoms with Crippen LogP contribution in [0.25, 0.3) is 45.4 Å². The number of ketones is 2. The van der Waals surface area contributed by atoms with Gasteiger partial charge in [0.15, 0.2) is 0 Å². The average Bonchev–Trinajstić information content (AvgIpc) is 4.24. The van der Waals surface area contributed by atoms with Crippen LogP contribution in [0.5, 0.6) is 0 Å². The van der Waals surface area contributed by atoms with Gasteiger partial charge in [0.05, 0.1) is 29.2 Å². The summed E-state index contributed by atoms with van der Waals surface area (Å²) in [7, 11) is 0. The van der Waals surface area contributed by atoms with Crippen molar-refractivity contribution in [3.63, 3.8) is 0 Å². The minimum atomic E-state index is -2.41. The van der Waals surface area contributed by atoms with Crippen LogP contribution in [0, 0.1) is 45.3 Å². The number of esters is 2. The molecule has 11 rings (SSSR count). The predicted octanol–water partition coefficient (Wildman–Crippen LogP) is 11.4. The SMILES string of the molecule is N#CC(C#N)=C1/C(=N/C2=Cc3sc4c(sc5c6sc(/N=C7/C(=O)c8ccccc8C7=C(C#N)C#N)cc6sc45)c3C2(C(=O)OCc2ccccc2)C(=O)OCc2ccccc2)C(=O)c2ccccc21. The molecule has 0 spiro atoms. The fourth-order valence-corrected chi connectivity index (χ4v) is 14.6. The number of benzene rings is 4. The van der Waals surface area contributed by atoms with E-state index >= 15 is 9.59 Å². The molecule has 0 radical (unpaired) electrons. The number of nitrogens with zero attached hydrogens (tertiary/aromatic N) is 6. The molecule has 0 saturated carbocycles. The Balaban J connectivity index is 1.11. The van der Waals surface area contributed by atoms with Crippen molar-refractivity contribution < 1.29 is 28.7 Å². The van der Waals surface area contributed by atoms with Crippen LogP contribution in [0.2, 0.25) is 0 Å². The second kappa shape index (κ2) is 16.8.